The van der Waals surface area contributed by atoms with E-state index < -0.39 is 12.0 Å². The van der Waals surface area contributed by atoms with Crippen molar-refractivity contribution in [2.45, 2.75) is 58.9 Å². The first-order valence-electron chi connectivity index (χ1n) is 6.23. The van der Waals surface area contributed by atoms with Crippen molar-refractivity contribution in [2.24, 2.45) is 11.8 Å². The minimum Gasteiger partial charge on any atom is -0.480 e. The van der Waals surface area contributed by atoms with Crippen LogP contribution in [0, 0.1) is 5.92 Å². The van der Waals surface area contributed by atoms with Crippen molar-refractivity contribution >= 4 is 11.9 Å². The molecular weight excluding hydrogens is 220 g/mol. The van der Waals surface area contributed by atoms with Crippen LogP contribution in [-0.2, 0) is 9.59 Å². The molecule has 5 heteroatoms. The summed E-state index contributed by atoms with van der Waals surface area (Å²) in [5.74, 6) is 4.64. The van der Waals surface area contributed by atoms with Crippen molar-refractivity contribution in [3.8, 4) is 0 Å². The summed E-state index contributed by atoms with van der Waals surface area (Å²) >= 11 is 0. The molecule has 0 aromatic carbocycles. The maximum atomic E-state index is 11.4. The third kappa shape index (κ3) is 5.68. The number of nitrogens with two attached hydrogens (primary N) is 1. The maximum Gasteiger partial charge on any atom is 0.328 e. The number of hydrazine groups is 1. The molecule has 0 aromatic heterocycles. The van der Waals surface area contributed by atoms with Crippen molar-refractivity contribution in [1.29, 1.82) is 0 Å². The normalized spacial score (nSPS) is 14.1. The van der Waals surface area contributed by atoms with Crippen LogP contribution in [0.1, 0.15) is 52.9 Å². The lowest BCUT2D eigenvalue weighted by atomic mass is 9.97. The van der Waals surface area contributed by atoms with Gasteiger partial charge in [-0.05, 0) is 18.8 Å². The fourth-order valence-corrected chi connectivity index (χ4v) is 1.82. The zero-order valence-corrected chi connectivity index (χ0v) is 11.0. The van der Waals surface area contributed by atoms with Crippen LogP contribution in [0.5, 0.6) is 0 Å². The van der Waals surface area contributed by atoms with Crippen molar-refractivity contribution in [1.82, 2.24) is 5.01 Å². The van der Waals surface area contributed by atoms with E-state index in [4.69, 9.17) is 10.9 Å². The van der Waals surface area contributed by atoms with Crippen LogP contribution in [0.25, 0.3) is 0 Å². The summed E-state index contributed by atoms with van der Waals surface area (Å²) in [7, 11) is 0. The first-order chi connectivity index (χ1) is 7.93. The highest BCUT2D eigenvalue weighted by molar-refractivity contribution is 5.82. The summed E-state index contributed by atoms with van der Waals surface area (Å²) < 4.78 is 0. The molecule has 0 saturated carbocycles. The predicted molar refractivity (Wildman–Crippen MR) is 66.1 cm³/mol. The third-order valence-electron chi connectivity index (χ3n) is 2.93. The molecule has 2 unspecified atom stereocenters. The lowest BCUT2D eigenvalue weighted by Gasteiger charge is -2.24. The monoisotopic (exact) mass is 244 g/mol. The second-order valence-electron chi connectivity index (χ2n) is 4.48. The van der Waals surface area contributed by atoms with Crippen molar-refractivity contribution in [2.75, 3.05) is 0 Å². The number of carbonyl (C=O) groups excluding carboxylic acids is 1. The molecule has 17 heavy (non-hydrogen) atoms. The minimum atomic E-state index is -1.03. The Labute approximate surface area is 103 Å². The van der Waals surface area contributed by atoms with Gasteiger partial charge in [0.25, 0.3) is 0 Å². The average Bonchev–Trinajstić information content (AvgIpc) is 2.27. The molecule has 0 fully saturated rings. The average molecular weight is 244 g/mol. The Morgan fingerprint density at radius 3 is 2.24 bits per heavy atom. The molecule has 0 saturated heterocycles. The largest absolute Gasteiger partial charge is 0.480 e. The highest BCUT2D eigenvalue weighted by atomic mass is 16.4. The van der Waals surface area contributed by atoms with Gasteiger partial charge in [-0.25, -0.2) is 10.6 Å². The second-order valence-corrected chi connectivity index (χ2v) is 4.48. The third-order valence-corrected chi connectivity index (χ3v) is 2.93. The Kier molecular flexibility index (Phi) is 7.54. The maximum absolute atomic E-state index is 11.4. The zero-order chi connectivity index (χ0) is 13.4. The number of hydrogen-bond acceptors (Lipinski definition) is 3. The van der Waals surface area contributed by atoms with E-state index in [1.165, 1.54) is 0 Å². The number of aliphatic carboxylic acids is 1. The SMILES string of the molecule is CCCC(C)CCC(C(=O)O)N(N)C(=O)CC. The molecule has 1 amide bonds. The van der Waals surface area contributed by atoms with Gasteiger partial charge in [0.15, 0.2) is 0 Å². The number of carbonyl (C=O) groups is 2. The molecule has 0 aliphatic heterocycles. The quantitative estimate of drug-likeness (QED) is 0.387. The molecule has 0 heterocycles. The van der Waals surface area contributed by atoms with Crippen LogP contribution < -0.4 is 5.84 Å². The second kappa shape index (κ2) is 8.06. The van der Waals surface area contributed by atoms with E-state index in [1.54, 1.807) is 6.92 Å². The van der Waals surface area contributed by atoms with Crippen molar-refractivity contribution in [3.63, 3.8) is 0 Å². The Hall–Kier alpha value is -1.10. The first kappa shape index (κ1) is 15.9. The van der Waals surface area contributed by atoms with Crippen LogP contribution in [0.3, 0.4) is 0 Å². The van der Waals surface area contributed by atoms with Gasteiger partial charge in [0.2, 0.25) is 5.91 Å². The van der Waals surface area contributed by atoms with Crippen molar-refractivity contribution in [3.05, 3.63) is 0 Å². The van der Waals surface area contributed by atoms with Gasteiger partial charge in [0.1, 0.15) is 6.04 Å². The molecule has 0 radical (unpaired) electrons. The summed E-state index contributed by atoms with van der Waals surface area (Å²) in [6.45, 7) is 5.85. The molecule has 3 N–H and O–H groups in total. The summed E-state index contributed by atoms with van der Waals surface area (Å²) in [6, 6.07) is -0.901. The van der Waals surface area contributed by atoms with E-state index in [0.717, 1.165) is 24.3 Å². The van der Waals surface area contributed by atoms with Gasteiger partial charge < -0.3 is 5.11 Å². The van der Waals surface area contributed by atoms with Gasteiger partial charge in [0.05, 0.1) is 0 Å². The Balaban J connectivity index is 4.34. The number of nitrogens with zero attached hydrogens (tertiary/aromatic N) is 1. The van der Waals surface area contributed by atoms with Crippen molar-refractivity contribution < 1.29 is 14.7 Å². The lowest BCUT2D eigenvalue weighted by Crippen LogP contribution is -2.49. The van der Waals surface area contributed by atoms with E-state index >= 15 is 0 Å². The standard InChI is InChI=1S/C12H24N2O3/c1-4-6-9(3)7-8-10(12(16)17)14(13)11(15)5-2/h9-10H,4-8,13H2,1-3H3,(H,16,17). The van der Waals surface area contributed by atoms with Crippen LogP contribution in [-0.4, -0.2) is 28.0 Å². The highest BCUT2D eigenvalue weighted by Gasteiger charge is 2.26. The van der Waals surface area contributed by atoms with Gasteiger partial charge >= 0.3 is 5.97 Å². The van der Waals surface area contributed by atoms with E-state index in [-0.39, 0.29) is 12.3 Å². The molecule has 0 spiro atoms. The van der Waals surface area contributed by atoms with E-state index in [0.29, 0.717) is 12.3 Å². The molecular formula is C12H24N2O3. The summed E-state index contributed by atoms with van der Waals surface area (Å²) in [5, 5.41) is 9.92. The Morgan fingerprint density at radius 2 is 1.82 bits per heavy atom. The van der Waals surface area contributed by atoms with E-state index in [9.17, 15) is 9.59 Å². The van der Waals surface area contributed by atoms with Gasteiger partial charge in [-0.2, -0.15) is 0 Å². The summed E-state index contributed by atoms with van der Waals surface area (Å²) in [5.41, 5.74) is 0. The fraction of sp³-hybridized carbons (Fsp3) is 0.833. The molecule has 0 aromatic rings. The zero-order valence-electron chi connectivity index (χ0n) is 11.0. The van der Waals surface area contributed by atoms with Gasteiger partial charge in [-0.1, -0.05) is 33.6 Å². The minimum absolute atomic E-state index is 0.227. The van der Waals surface area contributed by atoms with Crippen LogP contribution >= 0.6 is 0 Å². The Morgan fingerprint density at radius 1 is 1.24 bits per heavy atom. The smallest absolute Gasteiger partial charge is 0.328 e. The number of hydrogen-bond donors (Lipinski definition) is 2. The highest BCUT2D eigenvalue weighted by Crippen LogP contribution is 2.16. The molecule has 0 rings (SSSR count). The van der Waals surface area contributed by atoms with Crippen LogP contribution in [0.15, 0.2) is 0 Å². The van der Waals surface area contributed by atoms with E-state index in [1.807, 2.05) is 0 Å². The number of rotatable bonds is 8. The van der Waals surface area contributed by atoms with Crippen LogP contribution in [0.2, 0.25) is 0 Å². The van der Waals surface area contributed by atoms with Gasteiger partial charge in [-0.3, -0.25) is 9.80 Å². The lowest BCUT2D eigenvalue weighted by molar-refractivity contribution is -0.150. The number of amides is 1. The molecule has 0 bridgehead atoms. The molecule has 5 nitrogen and oxygen atoms in total. The molecule has 2 atom stereocenters. The predicted octanol–water partition coefficient (Wildman–Crippen LogP) is 1.77. The number of carboxylic acids is 1. The number of carboxylic acid groups (broad SMARTS) is 1. The summed E-state index contributed by atoms with van der Waals surface area (Å²) in [4.78, 5) is 22.4. The molecule has 0 aliphatic carbocycles. The molecule has 0 aliphatic rings. The molecule has 100 valence electrons. The van der Waals surface area contributed by atoms with Crippen LogP contribution in [0.4, 0.5) is 0 Å². The topological polar surface area (TPSA) is 83.6 Å². The summed E-state index contributed by atoms with van der Waals surface area (Å²) in [6.07, 6.45) is 3.57. The van der Waals surface area contributed by atoms with Gasteiger partial charge in [0, 0.05) is 6.42 Å². The first-order valence-corrected chi connectivity index (χ1v) is 6.23. The van der Waals surface area contributed by atoms with Gasteiger partial charge in [-0.15, -0.1) is 0 Å². The fourth-order valence-electron chi connectivity index (χ4n) is 1.82. The Bertz CT molecular complexity index is 256. The van der Waals surface area contributed by atoms with E-state index in [2.05, 4.69) is 13.8 Å².